The molecule has 3 heteroatoms. The second-order valence-corrected chi connectivity index (χ2v) is 4.11. The molecule has 1 aromatic rings. The highest BCUT2D eigenvalue weighted by atomic mass is 16.4. The Labute approximate surface area is 107 Å². The summed E-state index contributed by atoms with van der Waals surface area (Å²) in [6, 6.07) is 8.51. The van der Waals surface area contributed by atoms with Gasteiger partial charge in [-0.1, -0.05) is 56.2 Å². The summed E-state index contributed by atoms with van der Waals surface area (Å²) >= 11 is 0. The van der Waals surface area contributed by atoms with Gasteiger partial charge in [-0.05, 0) is 12.8 Å². The van der Waals surface area contributed by atoms with Crippen molar-refractivity contribution in [1.29, 1.82) is 0 Å². The van der Waals surface area contributed by atoms with Gasteiger partial charge in [-0.15, -0.1) is 0 Å². The highest BCUT2D eigenvalue weighted by Crippen LogP contribution is 2.11. The van der Waals surface area contributed by atoms with Crippen LogP contribution in [0, 0.1) is 0 Å². The minimum Gasteiger partial charge on any atom is -0.478 e. The van der Waals surface area contributed by atoms with Crippen molar-refractivity contribution >= 4 is 11.8 Å². The molecule has 1 rings (SSSR count). The van der Waals surface area contributed by atoms with Crippen molar-refractivity contribution in [1.82, 2.24) is 0 Å². The number of carboxylic acid groups (broad SMARTS) is 1. The van der Waals surface area contributed by atoms with Crippen LogP contribution < -0.4 is 0 Å². The Morgan fingerprint density at radius 2 is 1.83 bits per heavy atom. The molecule has 0 unspecified atom stereocenters. The second kappa shape index (κ2) is 7.43. The predicted octanol–water partition coefficient (Wildman–Crippen LogP) is 3.46. The molecule has 0 atom stereocenters. The number of ketones is 1. The number of hydrogen-bond donors (Lipinski definition) is 1. The van der Waals surface area contributed by atoms with Crippen LogP contribution in [0.3, 0.4) is 0 Å². The van der Waals surface area contributed by atoms with Gasteiger partial charge in [-0.25, -0.2) is 4.79 Å². The summed E-state index contributed by atoms with van der Waals surface area (Å²) < 4.78 is 0. The second-order valence-electron chi connectivity index (χ2n) is 4.11. The summed E-state index contributed by atoms with van der Waals surface area (Å²) in [5, 5.41) is 9.07. The van der Waals surface area contributed by atoms with E-state index in [1.807, 2.05) is 0 Å². The van der Waals surface area contributed by atoms with Gasteiger partial charge >= 0.3 is 5.97 Å². The van der Waals surface area contributed by atoms with Crippen molar-refractivity contribution in [3.8, 4) is 0 Å². The molecule has 0 aliphatic carbocycles. The maximum absolute atomic E-state index is 12.0. The maximum Gasteiger partial charge on any atom is 0.339 e. The number of aliphatic carboxylic acids is 1. The minimum atomic E-state index is -1.15. The summed E-state index contributed by atoms with van der Waals surface area (Å²) in [6.07, 6.45) is 5.20. The molecule has 0 aromatic heterocycles. The van der Waals surface area contributed by atoms with Crippen LogP contribution in [0.2, 0.25) is 0 Å². The summed E-state index contributed by atoms with van der Waals surface area (Å²) in [7, 11) is 0. The molecule has 0 fully saturated rings. The Bertz CT molecular complexity index is 432. The fraction of sp³-hybridized carbons (Fsp3) is 0.333. The number of hydrogen-bond acceptors (Lipinski definition) is 2. The van der Waals surface area contributed by atoms with E-state index < -0.39 is 11.8 Å². The van der Waals surface area contributed by atoms with Crippen molar-refractivity contribution in [2.45, 2.75) is 32.6 Å². The summed E-state index contributed by atoms with van der Waals surface area (Å²) in [6.45, 7) is 2.08. The van der Waals surface area contributed by atoms with E-state index in [1.165, 1.54) is 6.08 Å². The molecule has 1 aromatic carbocycles. The zero-order chi connectivity index (χ0) is 13.4. The molecule has 0 spiro atoms. The van der Waals surface area contributed by atoms with E-state index in [-0.39, 0.29) is 5.57 Å². The van der Waals surface area contributed by atoms with Gasteiger partial charge < -0.3 is 5.11 Å². The van der Waals surface area contributed by atoms with Crippen LogP contribution in [-0.2, 0) is 4.79 Å². The van der Waals surface area contributed by atoms with E-state index in [0.29, 0.717) is 12.0 Å². The van der Waals surface area contributed by atoms with Gasteiger partial charge in [0.15, 0.2) is 5.78 Å². The summed E-state index contributed by atoms with van der Waals surface area (Å²) in [4.78, 5) is 23.1. The van der Waals surface area contributed by atoms with Gasteiger partial charge in [-0.2, -0.15) is 0 Å². The van der Waals surface area contributed by atoms with E-state index in [1.54, 1.807) is 30.3 Å². The standard InChI is InChI=1S/C15H18O3/c1-2-3-4-8-11-13(15(17)18)14(16)12-9-6-5-7-10-12/h5-7,9-11H,2-4,8H2,1H3,(H,17,18). The molecule has 0 radical (unpaired) electrons. The molecular weight excluding hydrogens is 228 g/mol. The summed E-state index contributed by atoms with van der Waals surface area (Å²) in [5.41, 5.74) is 0.291. The van der Waals surface area contributed by atoms with Gasteiger partial charge in [0.05, 0.1) is 0 Å². The predicted molar refractivity (Wildman–Crippen MR) is 70.6 cm³/mol. The summed E-state index contributed by atoms with van der Waals surface area (Å²) in [5.74, 6) is -1.57. The first kappa shape index (κ1) is 14.2. The lowest BCUT2D eigenvalue weighted by molar-refractivity contribution is -0.132. The van der Waals surface area contributed by atoms with Crippen molar-refractivity contribution in [2.75, 3.05) is 0 Å². The van der Waals surface area contributed by atoms with E-state index in [0.717, 1.165) is 19.3 Å². The van der Waals surface area contributed by atoms with Gasteiger partial charge in [0.25, 0.3) is 0 Å². The highest BCUT2D eigenvalue weighted by Gasteiger charge is 2.18. The van der Waals surface area contributed by atoms with Crippen molar-refractivity contribution in [3.63, 3.8) is 0 Å². The molecule has 3 nitrogen and oxygen atoms in total. The van der Waals surface area contributed by atoms with Crippen LogP contribution in [0.5, 0.6) is 0 Å². The molecule has 0 bridgehead atoms. The number of carbonyl (C=O) groups is 2. The van der Waals surface area contributed by atoms with E-state index >= 15 is 0 Å². The largest absolute Gasteiger partial charge is 0.478 e. The monoisotopic (exact) mass is 246 g/mol. The first-order valence-corrected chi connectivity index (χ1v) is 6.20. The molecule has 96 valence electrons. The Kier molecular flexibility index (Phi) is 5.85. The van der Waals surface area contributed by atoms with E-state index in [9.17, 15) is 9.59 Å². The zero-order valence-corrected chi connectivity index (χ0v) is 10.6. The number of unbranched alkanes of at least 4 members (excludes halogenated alkanes) is 3. The number of Topliss-reactive ketones (excluding diaryl/α,β-unsaturated/α-hetero) is 1. The van der Waals surface area contributed by atoms with Crippen LogP contribution in [-0.4, -0.2) is 16.9 Å². The van der Waals surface area contributed by atoms with Crippen LogP contribution in [0.1, 0.15) is 43.0 Å². The Balaban J connectivity index is 2.79. The third kappa shape index (κ3) is 4.17. The minimum absolute atomic E-state index is 0.127. The van der Waals surface area contributed by atoms with Crippen LogP contribution in [0.4, 0.5) is 0 Å². The van der Waals surface area contributed by atoms with Crippen LogP contribution in [0.25, 0.3) is 0 Å². The average Bonchev–Trinajstić information content (AvgIpc) is 2.39. The molecule has 0 aliphatic rings. The van der Waals surface area contributed by atoms with Crippen molar-refractivity contribution in [3.05, 3.63) is 47.5 Å². The highest BCUT2D eigenvalue weighted by molar-refractivity contribution is 6.23. The van der Waals surface area contributed by atoms with E-state index in [2.05, 4.69) is 6.92 Å². The van der Waals surface area contributed by atoms with Gasteiger partial charge in [-0.3, -0.25) is 4.79 Å². The SMILES string of the molecule is CCCCCC=C(C(=O)O)C(=O)c1ccccc1. The quantitative estimate of drug-likeness (QED) is 0.263. The van der Waals surface area contributed by atoms with Crippen molar-refractivity contribution < 1.29 is 14.7 Å². The number of benzene rings is 1. The molecule has 0 amide bonds. The molecular formula is C15H18O3. The lowest BCUT2D eigenvalue weighted by Gasteiger charge is -2.02. The average molecular weight is 246 g/mol. The fourth-order valence-corrected chi connectivity index (χ4v) is 1.66. The first-order chi connectivity index (χ1) is 8.66. The van der Waals surface area contributed by atoms with Crippen LogP contribution in [0.15, 0.2) is 42.0 Å². The Morgan fingerprint density at radius 3 is 2.39 bits per heavy atom. The number of carbonyl (C=O) groups excluding carboxylic acids is 1. The van der Waals surface area contributed by atoms with Gasteiger partial charge in [0.1, 0.15) is 5.57 Å². The fourth-order valence-electron chi connectivity index (χ4n) is 1.66. The van der Waals surface area contributed by atoms with Gasteiger partial charge in [0.2, 0.25) is 0 Å². The van der Waals surface area contributed by atoms with Crippen molar-refractivity contribution in [2.24, 2.45) is 0 Å². The van der Waals surface area contributed by atoms with E-state index in [4.69, 9.17) is 5.11 Å². The molecule has 0 aliphatic heterocycles. The lowest BCUT2D eigenvalue weighted by atomic mass is 10.0. The molecule has 1 N–H and O–H groups in total. The molecule has 0 saturated carbocycles. The van der Waals surface area contributed by atoms with Gasteiger partial charge in [0, 0.05) is 5.56 Å². The first-order valence-electron chi connectivity index (χ1n) is 6.20. The third-order valence-corrected chi connectivity index (χ3v) is 2.67. The molecule has 18 heavy (non-hydrogen) atoms. The van der Waals surface area contributed by atoms with Crippen LogP contribution >= 0.6 is 0 Å². The lowest BCUT2D eigenvalue weighted by Crippen LogP contribution is -2.12. The number of allylic oxidation sites excluding steroid dienone is 1. The molecule has 0 saturated heterocycles. The normalized spacial score (nSPS) is 11.3. The maximum atomic E-state index is 12.0. The zero-order valence-electron chi connectivity index (χ0n) is 10.6. The molecule has 0 heterocycles. The third-order valence-electron chi connectivity index (χ3n) is 2.67. The number of carboxylic acids is 1. The number of rotatable bonds is 7. The Morgan fingerprint density at radius 1 is 1.17 bits per heavy atom. The smallest absolute Gasteiger partial charge is 0.339 e. The Hall–Kier alpha value is -1.90. The topological polar surface area (TPSA) is 54.4 Å².